The van der Waals surface area contributed by atoms with Crippen molar-refractivity contribution in [2.45, 2.75) is 37.8 Å². The van der Waals surface area contributed by atoms with E-state index in [1.807, 2.05) is 24.3 Å². The molecule has 0 saturated carbocycles. The van der Waals surface area contributed by atoms with E-state index in [1.54, 1.807) is 19.1 Å². The van der Waals surface area contributed by atoms with Gasteiger partial charge in [0.1, 0.15) is 5.82 Å². The summed E-state index contributed by atoms with van der Waals surface area (Å²) in [6.07, 6.45) is -1.88. The van der Waals surface area contributed by atoms with Gasteiger partial charge in [-0.3, -0.25) is 4.79 Å². The van der Waals surface area contributed by atoms with E-state index in [0.29, 0.717) is 12.0 Å². The summed E-state index contributed by atoms with van der Waals surface area (Å²) >= 11 is 0. The van der Waals surface area contributed by atoms with Crippen molar-refractivity contribution in [2.24, 2.45) is 0 Å². The summed E-state index contributed by atoms with van der Waals surface area (Å²) in [5.41, 5.74) is 2.68. The number of benzene rings is 2. The zero-order chi connectivity index (χ0) is 18.7. The standard InChI is InChI=1S/C20H21F3N2O/c1-12(13-6-8-15(21)9-7-13)20(26)25-17-10-14-4-2-3-5-16(14)19(17)24-11-18(22)23/h2-9,12,17-19,24H,10-11H2,1H3,(H,25,26). The van der Waals surface area contributed by atoms with Crippen molar-refractivity contribution >= 4 is 5.91 Å². The van der Waals surface area contributed by atoms with Gasteiger partial charge in [0.25, 0.3) is 6.43 Å². The molecule has 138 valence electrons. The largest absolute Gasteiger partial charge is 0.351 e. The molecule has 3 nitrogen and oxygen atoms in total. The Bertz CT molecular complexity index is 764. The van der Waals surface area contributed by atoms with Crippen molar-refractivity contribution in [3.05, 3.63) is 71.0 Å². The predicted octanol–water partition coefficient (Wildman–Crippen LogP) is 3.57. The Morgan fingerprint density at radius 2 is 1.85 bits per heavy atom. The average Bonchev–Trinajstić information content (AvgIpc) is 2.97. The molecule has 0 radical (unpaired) electrons. The van der Waals surface area contributed by atoms with E-state index in [0.717, 1.165) is 11.1 Å². The number of fused-ring (bicyclic) bond motifs is 1. The highest BCUT2D eigenvalue weighted by molar-refractivity contribution is 5.83. The first-order valence-corrected chi connectivity index (χ1v) is 8.61. The molecule has 3 atom stereocenters. The molecule has 0 saturated heterocycles. The van der Waals surface area contributed by atoms with Crippen LogP contribution < -0.4 is 10.6 Å². The molecule has 0 fully saturated rings. The molecule has 0 aliphatic heterocycles. The molecule has 1 aliphatic carbocycles. The van der Waals surface area contributed by atoms with Gasteiger partial charge in [0.05, 0.1) is 24.5 Å². The van der Waals surface area contributed by atoms with Crippen molar-refractivity contribution in [1.29, 1.82) is 0 Å². The zero-order valence-electron chi connectivity index (χ0n) is 14.4. The fraction of sp³-hybridized carbons (Fsp3) is 0.350. The lowest BCUT2D eigenvalue weighted by Gasteiger charge is -2.24. The second-order valence-corrected chi connectivity index (χ2v) is 6.57. The van der Waals surface area contributed by atoms with Gasteiger partial charge >= 0.3 is 0 Å². The van der Waals surface area contributed by atoms with Crippen LogP contribution in [-0.2, 0) is 11.2 Å². The Morgan fingerprint density at radius 1 is 1.15 bits per heavy atom. The van der Waals surface area contributed by atoms with Gasteiger partial charge in [0.15, 0.2) is 0 Å². The van der Waals surface area contributed by atoms with E-state index in [2.05, 4.69) is 10.6 Å². The van der Waals surface area contributed by atoms with Crippen LogP contribution in [0.5, 0.6) is 0 Å². The number of nitrogens with one attached hydrogen (secondary N) is 2. The topological polar surface area (TPSA) is 41.1 Å². The van der Waals surface area contributed by atoms with Crippen LogP contribution in [0.25, 0.3) is 0 Å². The van der Waals surface area contributed by atoms with Crippen LogP contribution in [0.15, 0.2) is 48.5 Å². The summed E-state index contributed by atoms with van der Waals surface area (Å²) in [7, 11) is 0. The van der Waals surface area contributed by atoms with Gasteiger partial charge < -0.3 is 10.6 Å². The monoisotopic (exact) mass is 362 g/mol. The molecule has 2 aromatic rings. The Kier molecular flexibility index (Phi) is 5.61. The van der Waals surface area contributed by atoms with Crippen LogP contribution in [0, 0.1) is 5.82 Å². The molecule has 6 heteroatoms. The summed E-state index contributed by atoms with van der Waals surface area (Å²) in [5, 5.41) is 5.84. The predicted molar refractivity (Wildman–Crippen MR) is 93.6 cm³/mol. The van der Waals surface area contributed by atoms with Gasteiger partial charge in [-0.05, 0) is 42.2 Å². The molecule has 26 heavy (non-hydrogen) atoms. The smallest absolute Gasteiger partial charge is 0.250 e. The third-order valence-electron chi connectivity index (χ3n) is 4.82. The number of rotatable bonds is 6. The van der Waals surface area contributed by atoms with Gasteiger partial charge in [-0.1, -0.05) is 36.4 Å². The van der Waals surface area contributed by atoms with Crippen molar-refractivity contribution < 1.29 is 18.0 Å². The van der Waals surface area contributed by atoms with Crippen molar-refractivity contribution in [3.8, 4) is 0 Å². The molecule has 3 rings (SSSR count). The zero-order valence-corrected chi connectivity index (χ0v) is 14.4. The molecule has 0 aromatic heterocycles. The third-order valence-corrected chi connectivity index (χ3v) is 4.82. The SMILES string of the molecule is CC(C(=O)NC1Cc2ccccc2C1NCC(F)F)c1ccc(F)cc1. The van der Waals surface area contributed by atoms with Gasteiger partial charge in [-0.2, -0.15) is 0 Å². The number of hydrogen-bond acceptors (Lipinski definition) is 2. The first kappa shape index (κ1) is 18.5. The molecule has 1 aliphatic rings. The van der Waals surface area contributed by atoms with Gasteiger partial charge in [-0.25, -0.2) is 13.2 Å². The first-order valence-electron chi connectivity index (χ1n) is 8.61. The molecule has 0 heterocycles. The Hall–Kier alpha value is -2.34. The van der Waals surface area contributed by atoms with E-state index < -0.39 is 18.9 Å². The lowest BCUT2D eigenvalue weighted by Crippen LogP contribution is -2.45. The molecule has 2 aromatic carbocycles. The number of hydrogen-bond donors (Lipinski definition) is 2. The summed E-state index contributed by atoms with van der Waals surface area (Å²) in [6.45, 7) is 1.31. The summed E-state index contributed by atoms with van der Waals surface area (Å²) in [4.78, 5) is 12.6. The number of amides is 1. The van der Waals surface area contributed by atoms with Gasteiger partial charge in [0.2, 0.25) is 5.91 Å². The molecule has 3 unspecified atom stereocenters. The normalized spacial score (nSPS) is 20.0. The van der Waals surface area contributed by atoms with Crippen LogP contribution in [0.2, 0.25) is 0 Å². The van der Waals surface area contributed by atoms with Crippen LogP contribution in [-0.4, -0.2) is 24.9 Å². The lowest BCUT2D eigenvalue weighted by atomic mass is 9.99. The van der Waals surface area contributed by atoms with Crippen LogP contribution in [0.3, 0.4) is 0 Å². The minimum absolute atomic E-state index is 0.210. The maximum absolute atomic E-state index is 13.1. The second kappa shape index (κ2) is 7.91. The highest BCUT2D eigenvalue weighted by Crippen LogP contribution is 2.32. The maximum atomic E-state index is 13.1. The Morgan fingerprint density at radius 3 is 2.54 bits per heavy atom. The number of carbonyl (C=O) groups excluding carboxylic acids is 1. The van der Waals surface area contributed by atoms with Crippen LogP contribution in [0.1, 0.15) is 35.6 Å². The van der Waals surface area contributed by atoms with Gasteiger partial charge in [-0.15, -0.1) is 0 Å². The minimum Gasteiger partial charge on any atom is -0.351 e. The average molecular weight is 362 g/mol. The molecular formula is C20H21F3N2O. The summed E-state index contributed by atoms with van der Waals surface area (Å²) in [5.74, 6) is -1.03. The summed E-state index contributed by atoms with van der Waals surface area (Å²) in [6, 6.07) is 12.7. The Balaban J connectivity index is 1.72. The van der Waals surface area contributed by atoms with E-state index in [1.165, 1.54) is 12.1 Å². The van der Waals surface area contributed by atoms with Crippen LogP contribution in [0.4, 0.5) is 13.2 Å². The second-order valence-electron chi connectivity index (χ2n) is 6.57. The van der Waals surface area contributed by atoms with E-state index in [9.17, 15) is 18.0 Å². The summed E-state index contributed by atoms with van der Waals surface area (Å²) < 4.78 is 38.4. The minimum atomic E-state index is -2.46. The van der Waals surface area contributed by atoms with Crippen molar-refractivity contribution in [3.63, 3.8) is 0 Å². The highest BCUT2D eigenvalue weighted by Gasteiger charge is 2.34. The fourth-order valence-corrected chi connectivity index (χ4v) is 3.41. The molecule has 2 N–H and O–H groups in total. The number of carbonyl (C=O) groups is 1. The highest BCUT2D eigenvalue weighted by atomic mass is 19.3. The quantitative estimate of drug-likeness (QED) is 0.825. The maximum Gasteiger partial charge on any atom is 0.250 e. The number of halogens is 3. The first-order chi connectivity index (χ1) is 12.5. The van der Waals surface area contributed by atoms with E-state index in [4.69, 9.17) is 0 Å². The molecule has 0 bridgehead atoms. The third kappa shape index (κ3) is 4.07. The van der Waals surface area contributed by atoms with Crippen LogP contribution >= 0.6 is 0 Å². The van der Waals surface area contributed by atoms with Crippen molar-refractivity contribution in [1.82, 2.24) is 10.6 Å². The molecular weight excluding hydrogens is 341 g/mol. The lowest BCUT2D eigenvalue weighted by molar-refractivity contribution is -0.123. The number of alkyl halides is 2. The van der Waals surface area contributed by atoms with Crippen molar-refractivity contribution in [2.75, 3.05) is 6.54 Å². The van der Waals surface area contributed by atoms with E-state index >= 15 is 0 Å². The Labute approximate surface area is 150 Å². The van der Waals surface area contributed by atoms with E-state index in [-0.39, 0.29) is 23.8 Å². The fourth-order valence-electron chi connectivity index (χ4n) is 3.41. The molecule has 0 spiro atoms. The van der Waals surface area contributed by atoms with Gasteiger partial charge in [0, 0.05) is 0 Å². The molecule has 1 amide bonds.